The van der Waals surface area contributed by atoms with Crippen LogP contribution in [0.25, 0.3) is 0 Å². The molecule has 0 rings (SSSR count). The molecule has 0 N–H and O–H groups in total. The van der Waals surface area contributed by atoms with Crippen LogP contribution in [0.2, 0.25) is 0 Å². The van der Waals surface area contributed by atoms with Crippen molar-refractivity contribution < 1.29 is 262 Å². The molecule has 0 amide bonds. The molecule has 0 aromatic carbocycles. The van der Waals surface area contributed by atoms with Crippen molar-refractivity contribution in [2.45, 2.75) is 0 Å². The van der Waals surface area contributed by atoms with Gasteiger partial charge in [-0.25, -0.2) is 0 Å². The maximum absolute atomic E-state index is 8.52. The first kappa shape index (κ1) is 110. The summed E-state index contributed by atoms with van der Waals surface area (Å²) in [6, 6.07) is 0. The summed E-state index contributed by atoms with van der Waals surface area (Å²) in [5, 5.41) is 0. The van der Waals surface area contributed by atoms with Gasteiger partial charge in [0.15, 0.2) is 0 Å². The van der Waals surface area contributed by atoms with Crippen LogP contribution in [0.3, 0.4) is 0 Å². The second-order valence-electron chi connectivity index (χ2n) is 5.72. The van der Waals surface area contributed by atoms with Crippen LogP contribution < -0.4 is 0 Å². The largest absolute Gasteiger partial charge is 2.00 e. The Labute approximate surface area is 405 Å². The first-order valence-corrected chi connectivity index (χ1v) is 28.0. The fourth-order valence-electron chi connectivity index (χ4n) is 0. The number of hydrogen-bond acceptors (Lipinski definition) is 56. The average molecular weight is 1410 g/mol. The Kier molecular flexibility index (Phi) is 71.3. The second-order valence-corrected chi connectivity index (χ2v) is 17.1. The van der Waals surface area contributed by atoms with Crippen LogP contribution in [-0.4, -0.2) is 245 Å². The monoisotopic (exact) mass is 1410 g/mol. The van der Waals surface area contributed by atoms with Gasteiger partial charge in [-0.1, -0.05) is 0 Å². The number of hydrogen-bond donors (Lipinski definition) is 0. The van der Waals surface area contributed by atoms with Crippen LogP contribution in [0.4, 0.5) is 0 Å². The molecule has 0 saturated carbocycles. The maximum Gasteiger partial charge on any atom is 2.00 e. The third-order valence-electron chi connectivity index (χ3n) is 0. The predicted molar refractivity (Wildman–Crippen MR) is 147 cm³/mol. The van der Waals surface area contributed by atoms with E-state index in [1.165, 1.54) is 0 Å². The van der Waals surface area contributed by atoms with E-state index in [1.807, 2.05) is 0 Å². The Hall–Kier alpha value is -1.30. The Morgan fingerprint density at radius 3 is 0.0986 bits per heavy atom. The summed E-state index contributed by atoms with van der Waals surface area (Å²) in [5.41, 5.74) is 0. The standard InChI is InChI=1S/Cu.14H2O4S/c;14*1-5(2,3)4/h;14*(H2,1,2,3,4)/q+2;;;;;;;;;;;;;;/p-28. The number of rotatable bonds is 0. The molecular formula is CuO56S14-26. The topological polar surface area (TPSA) is 1120 Å². The molecule has 1 radical (unpaired) electrons. The van der Waals surface area contributed by atoms with Crippen LogP contribution in [0.1, 0.15) is 0 Å². The van der Waals surface area contributed by atoms with Gasteiger partial charge in [-0.3, -0.25) is 118 Å². The fourth-order valence-corrected chi connectivity index (χ4v) is 0. The van der Waals surface area contributed by atoms with Crippen molar-refractivity contribution in [3.8, 4) is 0 Å². The van der Waals surface area contributed by atoms with Crippen molar-refractivity contribution in [2.75, 3.05) is 0 Å². The van der Waals surface area contributed by atoms with Crippen LogP contribution in [0.15, 0.2) is 0 Å². The smallest absolute Gasteiger partial charge is 0.759 e. The summed E-state index contributed by atoms with van der Waals surface area (Å²) >= 11 is 0. The maximum atomic E-state index is 8.52. The van der Waals surface area contributed by atoms with E-state index in [4.69, 9.17) is 245 Å². The first-order chi connectivity index (χ1) is 28.0. The molecular weight excluding hydrogens is 1410 g/mol. The van der Waals surface area contributed by atoms with Gasteiger partial charge in [0, 0.05) is 146 Å². The van der Waals surface area contributed by atoms with E-state index in [-0.39, 0.29) is 17.1 Å². The van der Waals surface area contributed by atoms with Gasteiger partial charge in [-0.2, -0.15) is 0 Å². The van der Waals surface area contributed by atoms with Crippen molar-refractivity contribution in [1.29, 1.82) is 0 Å². The quantitative estimate of drug-likeness (QED) is 0.123. The van der Waals surface area contributed by atoms with E-state index in [9.17, 15) is 0 Å². The van der Waals surface area contributed by atoms with Gasteiger partial charge >= 0.3 is 17.1 Å². The van der Waals surface area contributed by atoms with E-state index in [0.29, 0.717) is 0 Å². The molecule has 457 valence electrons. The van der Waals surface area contributed by atoms with Gasteiger partial charge in [0.25, 0.3) is 0 Å². The van der Waals surface area contributed by atoms with Crippen molar-refractivity contribution in [3.63, 3.8) is 0 Å². The Bertz CT molecular complexity index is 2020. The molecule has 0 saturated heterocycles. The molecule has 0 atom stereocenters. The molecule has 0 aliphatic heterocycles. The minimum atomic E-state index is -5.17. The molecule has 0 heterocycles. The molecule has 56 nitrogen and oxygen atoms in total. The summed E-state index contributed by atoms with van der Waals surface area (Å²) in [7, 11) is -72.3. The summed E-state index contributed by atoms with van der Waals surface area (Å²) in [6.07, 6.45) is 0. The summed E-state index contributed by atoms with van der Waals surface area (Å²) in [6.45, 7) is 0. The van der Waals surface area contributed by atoms with Crippen molar-refractivity contribution in [3.05, 3.63) is 0 Å². The summed E-state index contributed by atoms with van der Waals surface area (Å²) in [4.78, 5) is 0. The predicted octanol–water partition coefficient (Wildman–Crippen LogP) is -18.7. The van der Waals surface area contributed by atoms with E-state index >= 15 is 0 Å². The third-order valence-corrected chi connectivity index (χ3v) is 0. The van der Waals surface area contributed by atoms with Crippen LogP contribution >= 0.6 is 0 Å². The molecule has 0 aliphatic rings. The van der Waals surface area contributed by atoms with E-state index in [2.05, 4.69) is 0 Å². The zero-order valence-electron chi connectivity index (χ0n) is 28.9. The van der Waals surface area contributed by atoms with Gasteiger partial charge < -0.3 is 127 Å². The van der Waals surface area contributed by atoms with Gasteiger partial charge in [0.1, 0.15) is 0 Å². The van der Waals surface area contributed by atoms with Gasteiger partial charge in [0.05, 0.1) is 0 Å². The van der Waals surface area contributed by atoms with Gasteiger partial charge in [-0.05, 0) is 0 Å². The molecule has 0 spiro atoms. The zero-order chi connectivity index (χ0) is 63.0. The van der Waals surface area contributed by atoms with Crippen LogP contribution in [0.5, 0.6) is 0 Å². The average Bonchev–Trinajstić information content (AvgIpc) is 2.60. The Morgan fingerprint density at radius 2 is 0.0986 bits per heavy atom. The fraction of sp³-hybridized carbons (Fsp3) is 0. The van der Waals surface area contributed by atoms with E-state index < -0.39 is 146 Å². The normalized spacial score (nSPS) is 11.4. The van der Waals surface area contributed by atoms with Gasteiger partial charge in [-0.15, -0.1) is 0 Å². The van der Waals surface area contributed by atoms with Crippen molar-refractivity contribution >= 4 is 146 Å². The molecule has 0 aromatic rings. The molecule has 71 heteroatoms. The molecule has 0 unspecified atom stereocenters. The molecule has 0 aliphatic carbocycles. The third kappa shape index (κ3) is 181000. The summed E-state index contributed by atoms with van der Waals surface area (Å²) < 4.78 is 477. The molecule has 71 heavy (non-hydrogen) atoms. The van der Waals surface area contributed by atoms with Crippen LogP contribution in [0, 0.1) is 0 Å². The first-order valence-electron chi connectivity index (χ1n) is 9.33. The van der Waals surface area contributed by atoms with E-state index in [1.54, 1.807) is 0 Å². The zero-order valence-corrected chi connectivity index (χ0v) is 41.3. The minimum absolute atomic E-state index is 0. The second kappa shape index (κ2) is 46.0. The van der Waals surface area contributed by atoms with Crippen molar-refractivity contribution in [1.82, 2.24) is 0 Å². The van der Waals surface area contributed by atoms with Crippen molar-refractivity contribution in [2.24, 2.45) is 0 Å². The minimum Gasteiger partial charge on any atom is -0.759 e. The molecule has 0 aromatic heterocycles. The Morgan fingerprint density at radius 1 is 0.0986 bits per heavy atom. The Balaban J connectivity index is -0.0000000366. The van der Waals surface area contributed by atoms with Gasteiger partial charge in [0.2, 0.25) is 0 Å². The molecule has 0 fully saturated rings. The summed E-state index contributed by atoms with van der Waals surface area (Å²) in [5.74, 6) is 0. The molecule has 0 bridgehead atoms. The SMILES string of the molecule is O=S(=O)([O-])[O-].O=S(=O)([O-])[O-].O=S(=O)([O-])[O-].O=S(=O)([O-])[O-].O=S(=O)([O-])[O-].O=S(=O)([O-])[O-].O=S(=O)([O-])[O-].O=S(=O)([O-])[O-].O=S(=O)([O-])[O-].O=S(=O)([O-])[O-].O=S(=O)([O-])[O-].O=S(=O)([O-])[O-].O=S(=O)([O-])[O-].O=S(=O)([O-])[O-].[Cu+2]. The van der Waals surface area contributed by atoms with E-state index in [0.717, 1.165) is 0 Å². The van der Waals surface area contributed by atoms with Crippen LogP contribution in [-0.2, 0) is 163 Å².